The van der Waals surface area contributed by atoms with Crippen molar-refractivity contribution in [3.05, 3.63) is 42.6 Å². The number of nitrogens with zero attached hydrogens (tertiary/aromatic N) is 1. The molecule has 0 aliphatic heterocycles. The van der Waals surface area contributed by atoms with Crippen LogP contribution < -0.4 is 16.0 Å². The first-order valence-corrected chi connectivity index (χ1v) is 8.37. The minimum absolute atomic E-state index is 0.00148. The first-order valence-electron chi connectivity index (χ1n) is 5.66. The van der Waals surface area contributed by atoms with Crippen LogP contribution in [0.1, 0.15) is 0 Å². The summed E-state index contributed by atoms with van der Waals surface area (Å²) in [6.45, 7) is 0. The Hall–Kier alpha value is -1.77. The van der Waals surface area contributed by atoms with Crippen LogP contribution in [0.2, 0.25) is 0 Å². The predicted molar refractivity (Wildman–Crippen MR) is 81.1 cm³/mol. The van der Waals surface area contributed by atoms with E-state index in [-0.39, 0.29) is 10.7 Å². The molecular formula is C12H14N4O2S2. The second-order valence-corrected chi connectivity index (χ2v) is 6.30. The number of hydrogen-bond donors (Lipinski definition) is 3. The molecule has 0 atom stereocenters. The van der Waals surface area contributed by atoms with Gasteiger partial charge in [-0.05, 0) is 30.5 Å². The van der Waals surface area contributed by atoms with E-state index in [4.69, 9.17) is 5.84 Å². The zero-order valence-electron chi connectivity index (χ0n) is 10.7. The van der Waals surface area contributed by atoms with Crippen LogP contribution in [0.5, 0.6) is 0 Å². The molecule has 6 nitrogen and oxygen atoms in total. The van der Waals surface area contributed by atoms with Gasteiger partial charge < -0.3 is 5.43 Å². The van der Waals surface area contributed by atoms with E-state index >= 15 is 0 Å². The molecule has 20 heavy (non-hydrogen) atoms. The zero-order chi connectivity index (χ0) is 14.6. The fourth-order valence-electron chi connectivity index (χ4n) is 1.64. The molecule has 1 aromatic heterocycles. The summed E-state index contributed by atoms with van der Waals surface area (Å²) < 4.78 is 27.3. The summed E-state index contributed by atoms with van der Waals surface area (Å²) >= 11 is 1.46. The lowest BCUT2D eigenvalue weighted by Crippen LogP contribution is -2.18. The monoisotopic (exact) mass is 310 g/mol. The summed E-state index contributed by atoms with van der Waals surface area (Å²) in [4.78, 5) is 4.72. The minimum atomic E-state index is -3.76. The Bertz CT molecular complexity index is 704. The van der Waals surface area contributed by atoms with Crippen LogP contribution in [0.25, 0.3) is 0 Å². The third-order valence-electron chi connectivity index (χ3n) is 2.55. The molecule has 4 N–H and O–H groups in total. The molecule has 106 valence electrons. The van der Waals surface area contributed by atoms with Crippen LogP contribution in [-0.2, 0) is 10.0 Å². The Morgan fingerprint density at radius 3 is 2.65 bits per heavy atom. The number of rotatable bonds is 5. The fourth-order valence-corrected chi connectivity index (χ4v) is 3.46. The highest BCUT2D eigenvalue weighted by Gasteiger charge is 2.20. The molecule has 0 unspecified atom stereocenters. The number of para-hydroxylation sites is 1. The number of thioether (sulfide) groups is 1. The summed E-state index contributed by atoms with van der Waals surface area (Å²) in [5, 5.41) is 0. The minimum Gasteiger partial charge on any atom is -0.307 e. The van der Waals surface area contributed by atoms with Gasteiger partial charge in [0.05, 0.1) is 5.69 Å². The van der Waals surface area contributed by atoms with Crippen molar-refractivity contribution < 1.29 is 8.42 Å². The Balaban J connectivity index is 2.41. The first-order chi connectivity index (χ1) is 9.58. The van der Waals surface area contributed by atoms with Crippen LogP contribution >= 0.6 is 11.8 Å². The molecule has 1 heterocycles. The standard InChI is InChI=1S/C12H14N4O2S2/c1-19-10-6-3-2-5-9(10)16-20(17,18)11-7-4-8-14-12(11)15-13/h2-8,16H,13H2,1H3,(H,14,15). The van der Waals surface area contributed by atoms with E-state index in [0.29, 0.717) is 5.69 Å². The lowest BCUT2D eigenvalue weighted by Gasteiger charge is -2.13. The Kier molecular flexibility index (Phi) is 4.48. The molecule has 1 aromatic carbocycles. The molecule has 0 spiro atoms. The number of nitrogen functional groups attached to an aromatic ring is 1. The van der Waals surface area contributed by atoms with E-state index in [9.17, 15) is 8.42 Å². The van der Waals surface area contributed by atoms with Gasteiger partial charge in [-0.15, -0.1) is 11.8 Å². The van der Waals surface area contributed by atoms with Crippen molar-refractivity contribution in [2.24, 2.45) is 5.84 Å². The van der Waals surface area contributed by atoms with Gasteiger partial charge in [0.25, 0.3) is 10.0 Å². The van der Waals surface area contributed by atoms with Crippen LogP contribution in [-0.4, -0.2) is 19.7 Å². The molecule has 0 saturated carbocycles. The average Bonchev–Trinajstić information content (AvgIpc) is 2.47. The van der Waals surface area contributed by atoms with E-state index in [2.05, 4.69) is 15.1 Å². The summed E-state index contributed by atoms with van der Waals surface area (Å²) in [6.07, 6.45) is 3.34. The van der Waals surface area contributed by atoms with E-state index in [1.807, 2.05) is 18.4 Å². The maximum atomic E-state index is 12.4. The summed E-state index contributed by atoms with van der Waals surface area (Å²) in [6, 6.07) is 10.1. The maximum Gasteiger partial charge on any atom is 0.265 e. The summed E-state index contributed by atoms with van der Waals surface area (Å²) in [7, 11) is -3.76. The molecular weight excluding hydrogens is 296 g/mol. The number of benzene rings is 1. The fraction of sp³-hybridized carbons (Fsp3) is 0.0833. The van der Waals surface area contributed by atoms with Crippen molar-refractivity contribution in [2.75, 3.05) is 16.4 Å². The Morgan fingerprint density at radius 1 is 1.20 bits per heavy atom. The van der Waals surface area contributed by atoms with Gasteiger partial charge >= 0.3 is 0 Å². The topological polar surface area (TPSA) is 97.1 Å². The lowest BCUT2D eigenvalue weighted by molar-refractivity contribution is 0.601. The number of hydrazine groups is 1. The molecule has 8 heteroatoms. The molecule has 2 aromatic rings. The molecule has 0 aliphatic rings. The highest BCUT2D eigenvalue weighted by atomic mass is 32.2. The maximum absolute atomic E-state index is 12.4. The SMILES string of the molecule is CSc1ccccc1NS(=O)(=O)c1cccnc1NN. The van der Waals surface area contributed by atoms with Gasteiger partial charge in [0.2, 0.25) is 0 Å². The highest BCUT2D eigenvalue weighted by Crippen LogP contribution is 2.28. The van der Waals surface area contributed by atoms with Crippen LogP contribution in [0.3, 0.4) is 0 Å². The number of nitrogens with one attached hydrogen (secondary N) is 2. The van der Waals surface area contributed by atoms with Crippen molar-refractivity contribution in [2.45, 2.75) is 9.79 Å². The van der Waals surface area contributed by atoms with Crippen molar-refractivity contribution in [1.82, 2.24) is 4.98 Å². The van der Waals surface area contributed by atoms with Gasteiger partial charge in [0.1, 0.15) is 4.90 Å². The highest BCUT2D eigenvalue weighted by molar-refractivity contribution is 7.99. The number of sulfonamides is 1. The van der Waals surface area contributed by atoms with Crippen LogP contribution in [0, 0.1) is 0 Å². The number of pyridine rings is 1. The van der Waals surface area contributed by atoms with Crippen LogP contribution in [0.4, 0.5) is 11.5 Å². The van der Waals surface area contributed by atoms with E-state index in [1.165, 1.54) is 30.1 Å². The number of nitrogens with two attached hydrogens (primary N) is 1. The van der Waals surface area contributed by atoms with Crippen molar-refractivity contribution in [3.63, 3.8) is 0 Å². The second kappa shape index (κ2) is 6.12. The predicted octanol–water partition coefficient (Wildman–Crippen LogP) is 1.89. The van der Waals surface area contributed by atoms with Gasteiger partial charge in [-0.3, -0.25) is 4.72 Å². The van der Waals surface area contributed by atoms with Crippen molar-refractivity contribution >= 4 is 33.3 Å². The lowest BCUT2D eigenvalue weighted by atomic mass is 10.3. The third-order valence-corrected chi connectivity index (χ3v) is 4.74. The van der Waals surface area contributed by atoms with Crippen molar-refractivity contribution in [3.8, 4) is 0 Å². The summed E-state index contributed by atoms with van der Waals surface area (Å²) in [5.74, 6) is 5.39. The van der Waals surface area contributed by atoms with E-state index < -0.39 is 10.0 Å². The molecule has 2 rings (SSSR count). The van der Waals surface area contributed by atoms with Gasteiger partial charge in [-0.2, -0.15) is 0 Å². The molecule has 0 bridgehead atoms. The smallest absolute Gasteiger partial charge is 0.265 e. The molecule has 0 radical (unpaired) electrons. The van der Waals surface area contributed by atoms with Gasteiger partial charge in [-0.25, -0.2) is 19.2 Å². The molecule has 0 aliphatic carbocycles. The average molecular weight is 310 g/mol. The van der Waals surface area contributed by atoms with Gasteiger partial charge in [-0.1, -0.05) is 12.1 Å². The number of aromatic nitrogens is 1. The third kappa shape index (κ3) is 3.03. The van der Waals surface area contributed by atoms with Crippen molar-refractivity contribution in [1.29, 1.82) is 0 Å². The largest absolute Gasteiger partial charge is 0.307 e. The molecule has 0 amide bonds. The van der Waals surface area contributed by atoms with E-state index in [1.54, 1.807) is 12.1 Å². The molecule has 0 fully saturated rings. The van der Waals surface area contributed by atoms with Gasteiger partial charge in [0, 0.05) is 11.1 Å². The van der Waals surface area contributed by atoms with Crippen LogP contribution in [0.15, 0.2) is 52.4 Å². The zero-order valence-corrected chi connectivity index (χ0v) is 12.3. The van der Waals surface area contributed by atoms with Gasteiger partial charge in [0.15, 0.2) is 5.82 Å². The summed E-state index contributed by atoms with van der Waals surface area (Å²) in [5.41, 5.74) is 2.80. The normalized spacial score (nSPS) is 11.1. The van der Waals surface area contributed by atoms with E-state index in [0.717, 1.165) is 4.90 Å². The Morgan fingerprint density at radius 2 is 1.95 bits per heavy atom. The first kappa shape index (κ1) is 14.6. The second-order valence-electron chi connectivity index (χ2n) is 3.80. The Labute approximate surface area is 121 Å². The molecule has 0 saturated heterocycles. The number of hydrogen-bond acceptors (Lipinski definition) is 6. The quantitative estimate of drug-likeness (QED) is 0.443. The number of anilines is 2.